The second-order valence-corrected chi connectivity index (χ2v) is 7.99. The first-order chi connectivity index (χ1) is 12.6. The number of carbonyl (C=O) groups excluding carboxylic acids is 1. The molecular weight excluding hydrogens is 331 g/mol. The number of benzene rings is 1. The number of anilines is 1. The van der Waals surface area contributed by atoms with Crippen LogP contribution in [0.2, 0.25) is 0 Å². The van der Waals surface area contributed by atoms with Crippen molar-refractivity contribution < 1.29 is 13.6 Å². The average Bonchev–Trinajstić information content (AvgIpc) is 3.55. The van der Waals surface area contributed by atoms with E-state index in [0.29, 0.717) is 30.5 Å². The van der Waals surface area contributed by atoms with Gasteiger partial charge in [0.1, 0.15) is 17.3 Å². The van der Waals surface area contributed by atoms with Gasteiger partial charge in [-0.3, -0.25) is 4.79 Å². The predicted octanol–water partition coefficient (Wildman–Crippen LogP) is 3.93. The van der Waals surface area contributed by atoms with E-state index in [1.165, 1.54) is 6.42 Å². The Kier molecular flexibility index (Phi) is 3.67. The van der Waals surface area contributed by atoms with Crippen molar-refractivity contribution in [1.82, 2.24) is 5.32 Å². The maximum Gasteiger partial charge on any atom is 0.228 e. The van der Waals surface area contributed by atoms with Crippen LogP contribution in [0.5, 0.6) is 0 Å². The maximum absolute atomic E-state index is 14.7. The van der Waals surface area contributed by atoms with Gasteiger partial charge in [-0.15, -0.1) is 0 Å². The number of hydrogen-bond acceptors (Lipinski definition) is 3. The zero-order valence-electron chi connectivity index (χ0n) is 14.8. The SMILES string of the molecule is CC1CC1c1ccc(C2CC2C(=O)Nc2ccc3c(c2F)CCNC3)o1. The monoisotopic (exact) mass is 354 g/mol. The quantitative estimate of drug-likeness (QED) is 0.875. The van der Waals surface area contributed by atoms with Crippen molar-refractivity contribution in [2.75, 3.05) is 11.9 Å². The van der Waals surface area contributed by atoms with Crippen molar-refractivity contribution in [2.24, 2.45) is 11.8 Å². The van der Waals surface area contributed by atoms with E-state index >= 15 is 0 Å². The molecule has 3 aliphatic rings. The molecule has 2 heterocycles. The summed E-state index contributed by atoms with van der Waals surface area (Å²) in [4.78, 5) is 12.6. The molecule has 5 heteroatoms. The minimum atomic E-state index is -0.280. The summed E-state index contributed by atoms with van der Waals surface area (Å²) in [5.74, 6) is 2.82. The van der Waals surface area contributed by atoms with Crippen molar-refractivity contribution in [1.29, 1.82) is 0 Å². The van der Waals surface area contributed by atoms with Crippen LogP contribution in [0.25, 0.3) is 0 Å². The summed E-state index contributed by atoms with van der Waals surface area (Å²) in [6.45, 7) is 3.68. The summed E-state index contributed by atoms with van der Waals surface area (Å²) < 4.78 is 20.7. The molecule has 2 aliphatic carbocycles. The third-order valence-electron chi connectivity index (χ3n) is 6.08. The van der Waals surface area contributed by atoms with Crippen LogP contribution in [0, 0.1) is 17.7 Å². The molecule has 2 N–H and O–H groups in total. The van der Waals surface area contributed by atoms with Gasteiger partial charge < -0.3 is 15.1 Å². The van der Waals surface area contributed by atoms with Gasteiger partial charge in [-0.05, 0) is 61.1 Å². The number of amides is 1. The van der Waals surface area contributed by atoms with Crippen molar-refractivity contribution in [2.45, 2.75) is 44.6 Å². The highest BCUT2D eigenvalue weighted by molar-refractivity contribution is 5.95. The number of halogens is 1. The second kappa shape index (κ2) is 5.95. The summed E-state index contributed by atoms with van der Waals surface area (Å²) in [5, 5.41) is 6.03. The van der Waals surface area contributed by atoms with Gasteiger partial charge >= 0.3 is 0 Å². The number of hydrogen-bond donors (Lipinski definition) is 2. The highest BCUT2D eigenvalue weighted by Gasteiger charge is 2.47. The normalized spacial score (nSPS) is 29.2. The summed E-state index contributed by atoms with van der Waals surface area (Å²) in [7, 11) is 0. The molecule has 1 amide bonds. The lowest BCUT2D eigenvalue weighted by atomic mass is 9.99. The van der Waals surface area contributed by atoms with Gasteiger partial charge in [-0.1, -0.05) is 13.0 Å². The van der Waals surface area contributed by atoms with Crippen molar-refractivity contribution in [3.63, 3.8) is 0 Å². The molecule has 1 aromatic heterocycles. The van der Waals surface area contributed by atoms with Gasteiger partial charge in [0, 0.05) is 24.3 Å². The lowest BCUT2D eigenvalue weighted by molar-refractivity contribution is -0.117. The van der Waals surface area contributed by atoms with Crippen molar-refractivity contribution in [3.8, 4) is 0 Å². The van der Waals surface area contributed by atoms with E-state index in [1.54, 1.807) is 6.07 Å². The molecule has 5 rings (SSSR count). The van der Waals surface area contributed by atoms with Gasteiger partial charge in [-0.2, -0.15) is 0 Å². The number of furan rings is 1. The molecule has 4 nitrogen and oxygen atoms in total. The lowest BCUT2D eigenvalue weighted by Gasteiger charge is -2.19. The molecular formula is C21H23FN2O2. The Hall–Kier alpha value is -2.14. The number of nitrogens with one attached hydrogen (secondary N) is 2. The maximum atomic E-state index is 14.7. The standard InChI is InChI=1S/C21H23FN2O2/c1-11-8-14(11)18-4-5-19(26-18)15-9-16(15)21(25)24-17-3-2-12-10-23-7-6-13(12)20(17)22/h2-5,11,14-16,23H,6-10H2,1H3,(H,24,25). The fourth-order valence-corrected chi connectivity index (χ4v) is 4.14. The van der Waals surface area contributed by atoms with Crippen LogP contribution in [-0.4, -0.2) is 12.5 Å². The number of fused-ring (bicyclic) bond motifs is 1. The van der Waals surface area contributed by atoms with E-state index in [1.807, 2.05) is 18.2 Å². The summed E-state index contributed by atoms with van der Waals surface area (Å²) in [6.07, 6.45) is 2.62. The van der Waals surface area contributed by atoms with Crippen LogP contribution in [0.15, 0.2) is 28.7 Å². The van der Waals surface area contributed by atoms with Gasteiger partial charge in [0.2, 0.25) is 5.91 Å². The third-order valence-corrected chi connectivity index (χ3v) is 6.08. The van der Waals surface area contributed by atoms with Crippen LogP contribution in [0.3, 0.4) is 0 Å². The Morgan fingerprint density at radius 3 is 2.73 bits per heavy atom. The average molecular weight is 354 g/mol. The molecule has 2 saturated carbocycles. The zero-order chi connectivity index (χ0) is 17.8. The molecule has 0 saturated heterocycles. The molecule has 0 bridgehead atoms. The van der Waals surface area contributed by atoms with E-state index in [4.69, 9.17) is 4.42 Å². The van der Waals surface area contributed by atoms with Gasteiger partial charge in [0.25, 0.3) is 0 Å². The lowest BCUT2D eigenvalue weighted by Crippen LogP contribution is -2.25. The van der Waals surface area contributed by atoms with E-state index in [2.05, 4.69) is 17.6 Å². The number of rotatable bonds is 4. The molecule has 1 aliphatic heterocycles. The molecule has 2 fully saturated rings. The van der Waals surface area contributed by atoms with Gasteiger partial charge in [0.05, 0.1) is 5.69 Å². The minimum Gasteiger partial charge on any atom is -0.465 e. The molecule has 1 aromatic carbocycles. The molecule has 0 radical (unpaired) electrons. The Balaban J connectivity index is 1.26. The number of carbonyl (C=O) groups is 1. The van der Waals surface area contributed by atoms with Crippen LogP contribution >= 0.6 is 0 Å². The van der Waals surface area contributed by atoms with Crippen LogP contribution < -0.4 is 10.6 Å². The smallest absolute Gasteiger partial charge is 0.228 e. The summed E-state index contributed by atoms with van der Waals surface area (Å²) in [5.41, 5.74) is 2.00. The van der Waals surface area contributed by atoms with Gasteiger partial charge in [0.15, 0.2) is 0 Å². The van der Waals surface area contributed by atoms with E-state index in [9.17, 15) is 9.18 Å². The fraction of sp³-hybridized carbons (Fsp3) is 0.476. The molecule has 4 unspecified atom stereocenters. The van der Waals surface area contributed by atoms with Gasteiger partial charge in [-0.25, -0.2) is 4.39 Å². The Morgan fingerprint density at radius 1 is 1.19 bits per heavy atom. The highest BCUT2D eigenvalue weighted by atomic mass is 19.1. The minimum absolute atomic E-state index is 0.111. The first-order valence-corrected chi connectivity index (χ1v) is 9.53. The van der Waals surface area contributed by atoms with Crippen LogP contribution in [-0.2, 0) is 17.8 Å². The second-order valence-electron chi connectivity index (χ2n) is 7.99. The Labute approximate surface area is 152 Å². The van der Waals surface area contributed by atoms with E-state index in [0.717, 1.165) is 35.6 Å². The predicted molar refractivity (Wildman–Crippen MR) is 96.5 cm³/mol. The molecule has 4 atom stereocenters. The molecule has 0 spiro atoms. The summed E-state index contributed by atoms with van der Waals surface area (Å²) in [6, 6.07) is 7.63. The van der Waals surface area contributed by atoms with E-state index in [-0.39, 0.29) is 23.6 Å². The largest absolute Gasteiger partial charge is 0.465 e. The first-order valence-electron chi connectivity index (χ1n) is 9.53. The topological polar surface area (TPSA) is 54.3 Å². The molecule has 26 heavy (non-hydrogen) atoms. The Morgan fingerprint density at radius 2 is 1.96 bits per heavy atom. The highest BCUT2D eigenvalue weighted by Crippen LogP contribution is 2.52. The molecule has 136 valence electrons. The Bertz CT molecular complexity index is 875. The first kappa shape index (κ1) is 16.1. The van der Waals surface area contributed by atoms with Crippen molar-refractivity contribution in [3.05, 3.63) is 52.7 Å². The molecule has 2 aromatic rings. The van der Waals surface area contributed by atoms with Crippen LogP contribution in [0.4, 0.5) is 10.1 Å². The van der Waals surface area contributed by atoms with Crippen LogP contribution in [0.1, 0.15) is 54.2 Å². The zero-order valence-corrected chi connectivity index (χ0v) is 14.8. The third kappa shape index (κ3) is 2.75. The summed E-state index contributed by atoms with van der Waals surface area (Å²) >= 11 is 0. The fourth-order valence-electron chi connectivity index (χ4n) is 4.14. The van der Waals surface area contributed by atoms with Crippen molar-refractivity contribution >= 4 is 11.6 Å². The van der Waals surface area contributed by atoms with E-state index < -0.39 is 0 Å².